The summed E-state index contributed by atoms with van der Waals surface area (Å²) in [5.41, 5.74) is 7.52. The molecule has 1 unspecified atom stereocenters. The molecule has 0 aliphatic carbocycles. The predicted octanol–water partition coefficient (Wildman–Crippen LogP) is 1.58. The molecule has 17 heavy (non-hydrogen) atoms. The lowest BCUT2D eigenvalue weighted by molar-refractivity contribution is 0.661. The van der Waals surface area contributed by atoms with E-state index in [0.29, 0.717) is 6.04 Å². The van der Waals surface area contributed by atoms with Gasteiger partial charge < -0.3 is 11.1 Å². The number of fused-ring (bicyclic) bond motifs is 1. The lowest BCUT2D eigenvalue weighted by Gasteiger charge is -2.14. The zero-order chi connectivity index (χ0) is 12.3. The first-order chi connectivity index (χ1) is 8.20. The van der Waals surface area contributed by atoms with Crippen LogP contribution in [0.4, 0.5) is 5.82 Å². The smallest absolute Gasteiger partial charge is 0.152 e. The summed E-state index contributed by atoms with van der Waals surface area (Å²) >= 11 is 0. The highest BCUT2D eigenvalue weighted by Crippen LogP contribution is 2.16. The van der Waals surface area contributed by atoms with Crippen molar-refractivity contribution in [3.05, 3.63) is 24.2 Å². The molecule has 2 heterocycles. The van der Waals surface area contributed by atoms with Gasteiger partial charge in [0.05, 0.1) is 5.69 Å². The Hall–Kier alpha value is -1.62. The van der Waals surface area contributed by atoms with Crippen LogP contribution in [-0.4, -0.2) is 27.2 Å². The summed E-state index contributed by atoms with van der Waals surface area (Å²) in [4.78, 5) is 4.37. The van der Waals surface area contributed by atoms with Crippen LogP contribution in [0.2, 0.25) is 0 Å². The maximum absolute atomic E-state index is 5.51. The summed E-state index contributed by atoms with van der Waals surface area (Å²) in [5, 5.41) is 7.77. The van der Waals surface area contributed by atoms with E-state index in [1.807, 2.05) is 23.7 Å². The van der Waals surface area contributed by atoms with Gasteiger partial charge in [-0.05, 0) is 39.3 Å². The Morgan fingerprint density at radius 3 is 3.12 bits per heavy atom. The number of aromatic nitrogens is 3. The average molecular weight is 233 g/mol. The molecule has 2 aromatic heterocycles. The number of rotatable bonds is 5. The van der Waals surface area contributed by atoms with Gasteiger partial charge in [-0.25, -0.2) is 9.50 Å². The van der Waals surface area contributed by atoms with Crippen LogP contribution in [-0.2, 0) is 0 Å². The summed E-state index contributed by atoms with van der Waals surface area (Å²) in [5.74, 6) is 0.887. The van der Waals surface area contributed by atoms with Crippen molar-refractivity contribution in [3.8, 4) is 0 Å². The Morgan fingerprint density at radius 1 is 1.53 bits per heavy atom. The zero-order valence-corrected chi connectivity index (χ0v) is 10.3. The Labute approximate surface area is 101 Å². The third kappa shape index (κ3) is 2.74. The molecule has 3 N–H and O–H groups in total. The van der Waals surface area contributed by atoms with Gasteiger partial charge in [0.2, 0.25) is 0 Å². The van der Waals surface area contributed by atoms with Crippen molar-refractivity contribution in [3.63, 3.8) is 0 Å². The van der Waals surface area contributed by atoms with Gasteiger partial charge in [-0.15, -0.1) is 0 Å². The van der Waals surface area contributed by atoms with Gasteiger partial charge in [-0.2, -0.15) is 5.10 Å². The highest BCUT2D eigenvalue weighted by atomic mass is 15.2. The van der Waals surface area contributed by atoms with Crippen LogP contribution in [0.15, 0.2) is 18.5 Å². The zero-order valence-electron chi connectivity index (χ0n) is 10.3. The van der Waals surface area contributed by atoms with E-state index in [4.69, 9.17) is 5.73 Å². The third-order valence-electron chi connectivity index (χ3n) is 2.74. The van der Waals surface area contributed by atoms with E-state index in [1.54, 1.807) is 6.20 Å². The number of nitrogens with two attached hydrogens (primary N) is 1. The molecule has 0 aliphatic rings. The topological polar surface area (TPSA) is 68.2 Å². The molecular formula is C12H19N5. The quantitative estimate of drug-likeness (QED) is 0.822. The first-order valence-electron chi connectivity index (χ1n) is 5.98. The standard InChI is InChI=1S/C12H19N5/c1-9(4-3-5-13)15-12-11-8-10(2)16-17(11)7-6-14-12/h6-9H,3-5,13H2,1-2H3,(H,14,15). The van der Waals surface area contributed by atoms with E-state index >= 15 is 0 Å². The molecule has 5 nitrogen and oxygen atoms in total. The van der Waals surface area contributed by atoms with Gasteiger partial charge >= 0.3 is 0 Å². The number of anilines is 1. The lowest BCUT2D eigenvalue weighted by atomic mass is 10.2. The first kappa shape index (κ1) is 11.9. The molecule has 0 spiro atoms. The van der Waals surface area contributed by atoms with Gasteiger partial charge in [-0.1, -0.05) is 0 Å². The maximum Gasteiger partial charge on any atom is 0.152 e. The predicted molar refractivity (Wildman–Crippen MR) is 69.1 cm³/mol. The van der Waals surface area contributed by atoms with Gasteiger partial charge in [0.1, 0.15) is 5.52 Å². The van der Waals surface area contributed by atoms with Crippen LogP contribution in [0, 0.1) is 6.92 Å². The summed E-state index contributed by atoms with van der Waals surface area (Å²) < 4.78 is 1.85. The van der Waals surface area contributed by atoms with Gasteiger partial charge in [0.25, 0.3) is 0 Å². The fourth-order valence-electron chi connectivity index (χ4n) is 1.89. The molecule has 0 bridgehead atoms. The van der Waals surface area contributed by atoms with Gasteiger partial charge in [0.15, 0.2) is 5.82 Å². The minimum absolute atomic E-state index is 0.368. The van der Waals surface area contributed by atoms with E-state index in [9.17, 15) is 0 Å². The molecule has 0 radical (unpaired) electrons. The Bertz CT molecular complexity index is 491. The van der Waals surface area contributed by atoms with E-state index in [2.05, 4.69) is 22.3 Å². The molecule has 0 fully saturated rings. The first-order valence-corrected chi connectivity index (χ1v) is 5.98. The Kier molecular flexibility index (Phi) is 3.58. The lowest BCUT2D eigenvalue weighted by Crippen LogP contribution is -2.18. The van der Waals surface area contributed by atoms with Crippen molar-refractivity contribution in [1.82, 2.24) is 14.6 Å². The van der Waals surface area contributed by atoms with E-state index in [-0.39, 0.29) is 0 Å². The van der Waals surface area contributed by atoms with Crippen LogP contribution in [0.5, 0.6) is 0 Å². The highest BCUT2D eigenvalue weighted by molar-refractivity contribution is 5.67. The molecule has 0 aliphatic heterocycles. The third-order valence-corrected chi connectivity index (χ3v) is 2.74. The summed E-state index contributed by atoms with van der Waals surface area (Å²) in [7, 11) is 0. The molecule has 2 aromatic rings. The van der Waals surface area contributed by atoms with Crippen molar-refractivity contribution in [2.75, 3.05) is 11.9 Å². The fourth-order valence-corrected chi connectivity index (χ4v) is 1.89. The minimum Gasteiger partial charge on any atom is -0.366 e. The van der Waals surface area contributed by atoms with Gasteiger partial charge in [-0.3, -0.25) is 0 Å². The van der Waals surface area contributed by atoms with Crippen molar-refractivity contribution in [2.45, 2.75) is 32.7 Å². The molecule has 2 rings (SSSR count). The van der Waals surface area contributed by atoms with Crippen LogP contribution in [0.3, 0.4) is 0 Å². The number of hydrogen-bond acceptors (Lipinski definition) is 4. The molecular weight excluding hydrogens is 214 g/mol. The van der Waals surface area contributed by atoms with Crippen LogP contribution in [0.25, 0.3) is 5.52 Å². The Balaban J connectivity index is 2.17. The molecule has 0 aromatic carbocycles. The van der Waals surface area contributed by atoms with Crippen molar-refractivity contribution in [2.24, 2.45) is 5.73 Å². The largest absolute Gasteiger partial charge is 0.366 e. The van der Waals surface area contributed by atoms with Crippen molar-refractivity contribution >= 4 is 11.3 Å². The molecule has 0 saturated heterocycles. The minimum atomic E-state index is 0.368. The second-order valence-corrected chi connectivity index (χ2v) is 4.37. The van der Waals surface area contributed by atoms with Crippen LogP contribution in [0.1, 0.15) is 25.5 Å². The molecule has 92 valence electrons. The monoisotopic (exact) mass is 233 g/mol. The van der Waals surface area contributed by atoms with E-state index in [1.165, 1.54) is 0 Å². The molecule has 0 saturated carbocycles. The van der Waals surface area contributed by atoms with Crippen LogP contribution >= 0.6 is 0 Å². The van der Waals surface area contributed by atoms with Gasteiger partial charge in [0, 0.05) is 18.4 Å². The summed E-state index contributed by atoms with van der Waals surface area (Å²) in [6, 6.07) is 2.40. The number of hydrogen-bond donors (Lipinski definition) is 2. The average Bonchev–Trinajstić information content (AvgIpc) is 2.68. The fraction of sp³-hybridized carbons (Fsp3) is 0.500. The van der Waals surface area contributed by atoms with E-state index < -0.39 is 0 Å². The van der Waals surface area contributed by atoms with Crippen LogP contribution < -0.4 is 11.1 Å². The van der Waals surface area contributed by atoms with E-state index in [0.717, 1.165) is 36.4 Å². The number of nitrogens with one attached hydrogen (secondary N) is 1. The normalized spacial score (nSPS) is 12.9. The van der Waals surface area contributed by atoms with Crippen molar-refractivity contribution in [1.29, 1.82) is 0 Å². The second-order valence-electron chi connectivity index (χ2n) is 4.37. The maximum atomic E-state index is 5.51. The SMILES string of the molecule is Cc1cc2c(NC(C)CCCN)nccn2n1. The summed E-state index contributed by atoms with van der Waals surface area (Å²) in [6.07, 6.45) is 5.69. The molecule has 5 heteroatoms. The number of nitrogens with zero attached hydrogens (tertiary/aromatic N) is 3. The second kappa shape index (κ2) is 5.14. The molecule has 0 amide bonds. The van der Waals surface area contributed by atoms with Crippen molar-refractivity contribution < 1.29 is 0 Å². The molecule has 1 atom stereocenters. The highest BCUT2D eigenvalue weighted by Gasteiger charge is 2.08. The number of aryl methyl sites for hydroxylation is 1. The summed E-state index contributed by atoms with van der Waals surface area (Å²) in [6.45, 7) is 4.86. The Morgan fingerprint density at radius 2 is 2.35 bits per heavy atom.